The third kappa shape index (κ3) is 6.68. The summed E-state index contributed by atoms with van der Waals surface area (Å²) in [6, 6.07) is 6.96. The molecule has 32 heavy (non-hydrogen) atoms. The predicted octanol–water partition coefficient (Wildman–Crippen LogP) is 2.64. The van der Waals surface area contributed by atoms with E-state index in [-0.39, 0.29) is 31.4 Å². The molecule has 176 valence electrons. The van der Waals surface area contributed by atoms with E-state index in [0.29, 0.717) is 30.2 Å². The third-order valence-electron chi connectivity index (χ3n) is 5.93. The van der Waals surface area contributed by atoms with E-state index in [1.807, 2.05) is 31.2 Å². The summed E-state index contributed by atoms with van der Waals surface area (Å²) in [7, 11) is 0. The van der Waals surface area contributed by atoms with Crippen LogP contribution in [0.25, 0.3) is 0 Å². The zero-order chi connectivity index (χ0) is 23.1. The van der Waals surface area contributed by atoms with Crippen LogP contribution in [0.2, 0.25) is 0 Å². The first-order chi connectivity index (χ1) is 15.4. The molecular weight excluding hydrogens is 523 g/mol. The molecule has 1 aromatic rings. The lowest BCUT2D eigenvalue weighted by atomic mass is 9.87. The number of unbranched alkanes of at least 4 members (excludes halogenated alkanes) is 1. The van der Waals surface area contributed by atoms with Crippen molar-refractivity contribution in [2.45, 2.75) is 63.7 Å². The Bertz CT molecular complexity index is 826. The van der Waals surface area contributed by atoms with Crippen LogP contribution in [0, 0.1) is 9.49 Å². The molecule has 0 radical (unpaired) electrons. The Morgan fingerprint density at radius 3 is 2.69 bits per heavy atom. The first-order valence-electron chi connectivity index (χ1n) is 11.4. The van der Waals surface area contributed by atoms with Crippen molar-refractivity contribution in [2.24, 2.45) is 5.92 Å². The highest BCUT2D eigenvalue weighted by Gasteiger charge is 2.42. The lowest BCUT2D eigenvalue weighted by Gasteiger charge is -2.40. The van der Waals surface area contributed by atoms with E-state index in [0.717, 1.165) is 29.3 Å². The third-order valence-corrected chi connectivity index (χ3v) is 6.82. The second-order valence-electron chi connectivity index (χ2n) is 8.54. The van der Waals surface area contributed by atoms with E-state index in [4.69, 9.17) is 9.84 Å². The highest BCUT2D eigenvalue weighted by Crippen LogP contribution is 2.34. The number of nitrogens with zero attached hydrogens (tertiary/aromatic N) is 1. The molecule has 2 amide bonds. The molecule has 0 unspecified atom stereocenters. The summed E-state index contributed by atoms with van der Waals surface area (Å²) >= 11 is 2.17. The summed E-state index contributed by atoms with van der Waals surface area (Å²) < 4.78 is 7.04. The number of carbonyl (C=O) groups excluding carboxylic acids is 2. The maximum Gasteiger partial charge on any atom is 0.247 e. The Morgan fingerprint density at radius 2 is 2.03 bits per heavy atom. The van der Waals surface area contributed by atoms with Crippen LogP contribution in [0.4, 0.5) is 0 Å². The van der Waals surface area contributed by atoms with Crippen molar-refractivity contribution in [1.82, 2.24) is 10.2 Å². The van der Waals surface area contributed by atoms with Gasteiger partial charge in [0.05, 0.1) is 16.2 Å². The van der Waals surface area contributed by atoms with Crippen LogP contribution in [-0.4, -0.2) is 64.9 Å². The number of amides is 2. The highest BCUT2D eigenvalue weighted by molar-refractivity contribution is 14.1. The van der Waals surface area contributed by atoms with Gasteiger partial charge in [-0.25, -0.2) is 0 Å². The molecule has 8 heteroatoms. The molecule has 0 aromatic heterocycles. The number of benzene rings is 1. The molecule has 1 aromatic carbocycles. The van der Waals surface area contributed by atoms with Crippen LogP contribution < -0.4 is 10.1 Å². The number of halogens is 1. The lowest BCUT2D eigenvalue weighted by molar-refractivity contribution is -0.139. The maximum atomic E-state index is 13.1. The summed E-state index contributed by atoms with van der Waals surface area (Å²) in [4.78, 5) is 27.6. The zero-order valence-corrected chi connectivity index (χ0v) is 20.7. The standard InChI is InChI=1S/C24H33IN2O5/c1-2-3-8-22(29)27(15-16-9-10-16)19-13-17(24(31)26-11-12-28)14-21(23(19)30)32-20-7-5-4-6-18(20)25/h4-7,14,16,19,21,23,28,30H,2-3,8-13,15H2,1H3,(H,26,31)/t19-,21+,23+/m1/s1. The lowest BCUT2D eigenvalue weighted by Crippen LogP contribution is -2.55. The van der Waals surface area contributed by atoms with Crippen LogP contribution >= 0.6 is 22.6 Å². The molecule has 0 bridgehead atoms. The molecule has 0 spiro atoms. The second kappa shape index (κ2) is 12.0. The van der Waals surface area contributed by atoms with E-state index >= 15 is 0 Å². The number of hydrogen-bond donors (Lipinski definition) is 3. The molecule has 0 heterocycles. The topological polar surface area (TPSA) is 99.1 Å². The summed E-state index contributed by atoms with van der Waals surface area (Å²) in [5.74, 6) is 0.794. The van der Waals surface area contributed by atoms with E-state index in [1.54, 1.807) is 11.0 Å². The van der Waals surface area contributed by atoms with E-state index in [1.165, 1.54) is 0 Å². The van der Waals surface area contributed by atoms with Gasteiger partial charge in [-0.3, -0.25) is 9.59 Å². The van der Waals surface area contributed by atoms with Gasteiger partial charge in [-0.05, 0) is 66.0 Å². The molecule has 1 saturated carbocycles. The minimum Gasteiger partial charge on any atom is -0.482 e. The maximum absolute atomic E-state index is 13.1. The van der Waals surface area contributed by atoms with Gasteiger partial charge < -0.3 is 25.2 Å². The smallest absolute Gasteiger partial charge is 0.247 e. The van der Waals surface area contributed by atoms with Crippen LogP contribution in [-0.2, 0) is 9.59 Å². The number of nitrogens with one attached hydrogen (secondary N) is 1. The normalized spacial score (nSPS) is 22.8. The van der Waals surface area contributed by atoms with Crippen molar-refractivity contribution in [3.8, 4) is 5.75 Å². The number of ether oxygens (including phenoxy) is 1. The number of hydrogen-bond acceptors (Lipinski definition) is 5. The number of carbonyl (C=O) groups is 2. The monoisotopic (exact) mass is 556 g/mol. The number of para-hydroxylation sites is 1. The average molecular weight is 556 g/mol. The first kappa shape index (κ1) is 25.0. The fourth-order valence-electron chi connectivity index (χ4n) is 3.94. The number of aliphatic hydroxyl groups excluding tert-OH is 2. The molecular formula is C24H33IN2O5. The summed E-state index contributed by atoms with van der Waals surface area (Å²) in [5.41, 5.74) is 0.466. The highest BCUT2D eigenvalue weighted by atomic mass is 127. The van der Waals surface area contributed by atoms with E-state index < -0.39 is 18.2 Å². The predicted molar refractivity (Wildman–Crippen MR) is 130 cm³/mol. The summed E-state index contributed by atoms with van der Waals surface area (Å²) in [6.07, 6.45) is 4.52. The SMILES string of the molecule is CCCCC(=O)N(CC1CC1)[C@@H]1CC(C(=O)NCCO)=C[C@H](Oc2ccccc2I)[C@H]1O. The Balaban J connectivity index is 1.88. The molecule has 3 atom stereocenters. The Hall–Kier alpha value is -1.65. The number of aliphatic hydroxyl groups is 2. The minimum atomic E-state index is -0.954. The van der Waals surface area contributed by atoms with Crippen molar-refractivity contribution in [3.63, 3.8) is 0 Å². The van der Waals surface area contributed by atoms with E-state index in [2.05, 4.69) is 27.9 Å². The molecule has 7 nitrogen and oxygen atoms in total. The van der Waals surface area contributed by atoms with Crippen LogP contribution in [0.1, 0.15) is 45.4 Å². The second-order valence-corrected chi connectivity index (χ2v) is 9.70. The van der Waals surface area contributed by atoms with Gasteiger partial charge in [-0.2, -0.15) is 0 Å². The zero-order valence-electron chi connectivity index (χ0n) is 18.5. The number of rotatable bonds is 11. The van der Waals surface area contributed by atoms with Gasteiger partial charge in [0.15, 0.2) is 0 Å². The van der Waals surface area contributed by atoms with Gasteiger partial charge in [0.1, 0.15) is 18.0 Å². The molecule has 3 rings (SSSR count). The average Bonchev–Trinajstić information content (AvgIpc) is 3.61. The Morgan fingerprint density at radius 1 is 1.28 bits per heavy atom. The van der Waals surface area contributed by atoms with Gasteiger partial charge in [0.25, 0.3) is 0 Å². The van der Waals surface area contributed by atoms with Gasteiger partial charge in [0.2, 0.25) is 11.8 Å². The van der Waals surface area contributed by atoms with Gasteiger partial charge in [0, 0.05) is 31.5 Å². The van der Waals surface area contributed by atoms with Crippen molar-refractivity contribution >= 4 is 34.4 Å². The molecule has 1 fully saturated rings. The van der Waals surface area contributed by atoms with Crippen molar-refractivity contribution in [2.75, 3.05) is 19.7 Å². The van der Waals surface area contributed by atoms with Gasteiger partial charge >= 0.3 is 0 Å². The van der Waals surface area contributed by atoms with Gasteiger partial charge in [-0.1, -0.05) is 25.5 Å². The summed E-state index contributed by atoms with van der Waals surface area (Å²) in [5, 5.41) is 23.1. The molecule has 0 aliphatic heterocycles. The van der Waals surface area contributed by atoms with Crippen molar-refractivity contribution < 1.29 is 24.5 Å². The largest absolute Gasteiger partial charge is 0.482 e. The molecule has 3 N–H and O–H groups in total. The first-order valence-corrected chi connectivity index (χ1v) is 12.5. The minimum absolute atomic E-state index is 0.0212. The fraction of sp³-hybridized carbons (Fsp3) is 0.583. The Labute approximate surface area is 203 Å². The Kier molecular flexibility index (Phi) is 9.36. The fourth-order valence-corrected chi connectivity index (χ4v) is 4.45. The summed E-state index contributed by atoms with van der Waals surface area (Å²) in [6.45, 7) is 2.64. The quantitative estimate of drug-likeness (QED) is 0.364. The van der Waals surface area contributed by atoms with E-state index in [9.17, 15) is 14.7 Å². The van der Waals surface area contributed by atoms with Crippen LogP contribution in [0.5, 0.6) is 5.75 Å². The van der Waals surface area contributed by atoms with Crippen molar-refractivity contribution in [3.05, 3.63) is 39.5 Å². The van der Waals surface area contributed by atoms with Crippen LogP contribution in [0.15, 0.2) is 35.9 Å². The molecule has 2 aliphatic carbocycles. The molecule has 0 saturated heterocycles. The molecule has 2 aliphatic rings. The van der Waals surface area contributed by atoms with Gasteiger partial charge in [-0.15, -0.1) is 0 Å². The van der Waals surface area contributed by atoms with Crippen LogP contribution in [0.3, 0.4) is 0 Å². The van der Waals surface area contributed by atoms with Crippen molar-refractivity contribution in [1.29, 1.82) is 0 Å².